The van der Waals surface area contributed by atoms with Gasteiger partial charge in [0.05, 0.1) is 6.10 Å². The lowest BCUT2D eigenvalue weighted by Crippen LogP contribution is -2.10. The molecule has 0 saturated carbocycles. The van der Waals surface area contributed by atoms with Crippen LogP contribution in [0.2, 0.25) is 0 Å². The molecular weight excluding hydrogens is 154 g/mol. The van der Waals surface area contributed by atoms with Gasteiger partial charge in [0.1, 0.15) is 5.82 Å². The normalized spacial score (nSPS) is 29.5. The van der Waals surface area contributed by atoms with Crippen molar-refractivity contribution in [2.75, 3.05) is 6.61 Å². The Hall–Kier alpha value is -0.900. The summed E-state index contributed by atoms with van der Waals surface area (Å²) in [4.78, 5) is 4.30. The van der Waals surface area contributed by atoms with E-state index in [1.54, 1.807) is 0 Å². The summed E-state index contributed by atoms with van der Waals surface area (Å²) in [5, 5.41) is 6.98. The summed E-state index contributed by atoms with van der Waals surface area (Å²) < 4.78 is 5.44. The van der Waals surface area contributed by atoms with E-state index in [4.69, 9.17) is 4.74 Å². The van der Waals surface area contributed by atoms with Crippen LogP contribution in [0, 0.1) is 6.92 Å². The highest BCUT2D eigenvalue weighted by Gasteiger charge is 2.28. The molecule has 2 atom stereocenters. The molecule has 0 bridgehead atoms. The summed E-state index contributed by atoms with van der Waals surface area (Å²) in [5.41, 5.74) is 0. The second-order valence-electron chi connectivity index (χ2n) is 3.25. The quantitative estimate of drug-likeness (QED) is 0.679. The van der Waals surface area contributed by atoms with Crippen LogP contribution in [0.15, 0.2) is 0 Å². The van der Waals surface area contributed by atoms with Crippen molar-refractivity contribution < 1.29 is 4.74 Å². The molecule has 1 fully saturated rings. The number of nitrogens with zero attached hydrogens (tertiary/aromatic N) is 2. The van der Waals surface area contributed by atoms with Gasteiger partial charge in [-0.2, -0.15) is 5.10 Å². The average molecular weight is 167 g/mol. The van der Waals surface area contributed by atoms with Gasteiger partial charge in [-0.05, 0) is 20.3 Å². The Labute approximate surface area is 71.3 Å². The first kappa shape index (κ1) is 7.73. The summed E-state index contributed by atoms with van der Waals surface area (Å²) in [7, 11) is 0. The van der Waals surface area contributed by atoms with Crippen molar-refractivity contribution in [3.05, 3.63) is 11.6 Å². The molecule has 0 spiro atoms. The van der Waals surface area contributed by atoms with E-state index < -0.39 is 0 Å². The highest BCUT2D eigenvalue weighted by atomic mass is 16.5. The minimum Gasteiger partial charge on any atom is -0.378 e. The van der Waals surface area contributed by atoms with Gasteiger partial charge in [-0.3, -0.25) is 5.10 Å². The molecule has 1 saturated heterocycles. The molecule has 2 rings (SSSR count). The smallest absolute Gasteiger partial charge is 0.156 e. The fourth-order valence-electron chi connectivity index (χ4n) is 1.60. The number of ether oxygens (including phenoxy) is 1. The van der Waals surface area contributed by atoms with Crippen LogP contribution in [-0.2, 0) is 4.74 Å². The summed E-state index contributed by atoms with van der Waals surface area (Å²) in [6, 6.07) is 0. The van der Waals surface area contributed by atoms with Gasteiger partial charge in [0.15, 0.2) is 5.82 Å². The lowest BCUT2D eigenvalue weighted by Gasteiger charge is -2.08. The predicted molar refractivity (Wildman–Crippen MR) is 43.9 cm³/mol. The first-order valence-electron chi connectivity index (χ1n) is 4.28. The van der Waals surface area contributed by atoms with Gasteiger partial charge in [0.2, 0.25) is 0 Å². The van der Waals surface area contributed by atoms with Crippen LogP contribution >= 0.6 is 0 Å². The zero-order valence-corrected chi connectivity index (χ0v) is 7.37. The van der Waals surface area contributed by atoms with Crippen molar-refractivity contribution in [2.45, 2.75) is 32.3 Å². The molecule has 1 aromatic rings. The maximum Gasteiger partial charge on any atom is 0.156 e. The molecule has 0 aliphatic carbocycles. The maximum absolute atomic E-state index is 5.44. The van der Waals surface area contributed by atoms with E-state index in [1.807, 2.05) is 6.92 Å². The number of hydrogen-bond donors (Lipinski definition) is 1. The van der Waals surface area contributed by atoms with Crippen LogP contribution in [0.3, 0.4) is 0 Å². The van der Waals surface area contributed by atoms with Gasteiger partial charge >= 0.3 is 0 Å². The number of nitrogens with one attached hydrogen (secondary N) is 1. The van der Waals surface area contributed by atoms with E-state index in [2.05, 4.69) is 22.1 Å². The minimum atomic E-state index is 0.264. The van der Waals surface area contributed by atoms with Gasteiger partial charge in [0, 0.05) is 12.5 Å². The van der Waals surface area contributed by atoms with Crippen molar-refractivity contribution >= 4 is 0 Å². The molecule has 1 N–H and O–H groups in total. The minimum absolute atomic E-state index is 0.264. The summed E-state index contributed by atoms with van der Waals surface area (Å²) >= 11 is 0. The molecule has 4 heteroatoms. The van der Waals surface area contributed by atoms with E-state index in [9.17, 15) is 0 Å². The Bertz CT molecular complexity index is 271. The van der Waals surface area contributed by atoms with Gasteiger partial charge in [0.25, 0.3) is 0 Å². The maximum atomic E-state index is 5.44. The Morgan fingerprint density at radius 3 is 2.92 bits per heavy atom. The third kappa shape index (κ3) is 1.22. The molecule has 1 aromatic heterocycles. The van der Waals surface area contributed by atoms with E-state index >= 15 is 0 Å². The standard InChI is InChI=1S/C8H13N3O/c1-5-7(3-4-12-5)8-9-6(2)10-11-8/h5,7H,3-4H2,1-2H3,(H,9,10,11). The second-order valence-corrected chi connectivity index (χ2v) is 3.25. The van der Waals surface area contributed by atoms with E-state index in [-0.39, 0.29) is 6.10 Å². The zero-order valence-electron chi connectivity index (χ0n) is 7.37. The van der Waals surface area contributed by atoms with Gasteiger partial charge in [-0.25, -0.2) is 4.98 Å². The topological polar surface area (TPSA) is 50.8 Å². The molecule has 2 heterocycles. The third-order valence-electron chi connectivity index (χ3n) is 2.32. The monoisotopic (exact) mass is 167 g/mol. The molecule has 0 aromatic carbocycles. The van der Waals surface area contributed by atoms with Crippen molar-refractivity contribution in [1.82, 2.24) is 15.2 Å². The number of rotatable bonds is 1. The molecule has 2 unspecified atom stereocenters. The Morgan fingerprint density at radius 2 is 2.42 bits per heavy atom. The van der Waals surface area contributed by atoms with Crippen LogP contribution in [0.25, 0.3) is 0 Å². The number of H-pyrrole nitrogens is 1. The first-order chi connectivity index (χ1) is 5.77. The van der Waals surface area contributed by atoms with Crippen molar-refractivity contribution in [3.63, 3.8) is 0 Å². The first-order valence-corrected chi connectivity index (χ1v) is 4.28. The highest BCUT2D eigenvalue weighted by molar-refractivity contribution is 5.01. The number of aromatic nitrogens is 3. The highest BCUT2D eigenvalue weighted by Crippen LogP contribution is 2.28. The van der Waals surface area contributed by atoms with Crippen LogP contribution in [0.4, 0.5) is 0 Å². The van der Waals surface area contributed by atoms with E-state index in [0.717, 1.165) is 24.7 Å². The molecule has 0 amide bonds. The van der Waals surface area contributed by atoms with Gasteiger partial charge in [-0.15, -0.1) is 0 Å². The Kier molecular flexibility index (Phi) is 1.84. The van der Waals surface area contributed by atoms with Gasteiger partial charge < -0.3 is 4.74 Å². The summed E-state index contributed by atoms with van der Waals surface area (Å²) in [6.45, 7) is 4.82. The summed E-state index contributed by atoms with van der Waals surface area (Å²) in [5.74, 6) is 2.16. The largest absolute Gasteiger partial charge is 0.378 e. The molecule has 0 radical (unpaired) electrons. The van der Waals surface area contributed by atoms with Crippen LogP contribution < -0.4 is 0 Å². The SMILES string of the molecule is Cc1nc(C2CCOC2C)n[nH]1. The lowest BCUT2D eigenvalue weighted by atomic mass is 10.0. The Morgan fingerprint density at radius 1 is 1.58 bits per heavy atom. The number of aromatic amines is 1. The van der Waals surface area contributed by atoms with Crippen LogP contribution in [0.1, 0.15) is 30.9 Å². The van der Waals surface area contributed by atoms with Crippen LogP contribution in [-0.4, -0.2) is 27.9 Å². The van der Waals surface area contributed by atoms with Crippen molar-refractivity contribution in [3.8, 4) is 0 Å². The van der Waals surface area contributed by atoms with Crippen molar-refractivity contribution in [2.24, 2.45) is 0 Å². The molecule has 66 valence electrons. The van der Waals surface area contributed by atoms with Crippen molar-refractivity contribution in [1.29, 1.82) is 0 Å². The van der Waals surface area contributed by atoms with E-state index in [1.165, 1.54) is 0 Å². The predicted octanol–water partition coefficient (Wildman–Crippen LogP) is 1.01. The second kappa shape index (κ2) is 2.86. The molecule has 4 nitrogen and oxygen atoms in total. The van der Waals surface area contributed by atoms with Crippen LogP contribution in [0.5, 0.6) is 0 Å². The van der Waals surface area contributed by atoms with E-state index in [0.29, 0.717) is 5.92 Å². The molecule has 12 heavy (non-hydrogen) atoms. The third-order valence-corrected chi connectivity index (χ3v) is 2.32. The zero-order chi connectivity index (χ0) is 8.55. The molecule has 1 aliphatic heterocycles. The fourth-order valence-corrected chi connectivity index (χ4v) is 1.60. The summed E-state index contributed by atoms with van der Waals surface area (Å²) in [6.07, 6.45) is 1.30. The number of aryl methyl sites for hydroxylation is 1. The lowest BCUT2D eigenvalue weighted by molar-refractivity contribution is 0.117. The number of hydrogen-bond acceptors (Lipinski definition) is 3. The average Bonchev–Trinajstić information content (AvgIpc) is 2.58. The Balaban J connectivity index is 2.19. The molecule has 1 aliphatic rings. The molecular formula is C8H13N3O. The fraction of sp³-hybridized carbons (Fsp3) is 0.750. The van der Waals surface area contributed by atoms with Gasteiger partial charge in [-0.1, -0.05) is 0 Å².